The first-order valence-corrected chi connectivity index (χ1v) is 5.98. The van der Waals surface area contributed by atoms with E-state index in [0.717, 1.165) is 5.56 Å². The van der Waals surface area contributed by atoms with Crippen LogP contribution in [0.4, 0.5) is 0 Å². The van der Waals surface area contributed by atoms with E-state index in [2.05, 4.69) is 15.5 Å². The maximum Gasteiger partial charge on any atom is 0.335 e. The zero-order chi connectivity index (χ0) is 13.9. The number of hydrogen-bond acceptors (Lipinski definition) is 5. The van der Waals surface area contributed by atoms with Gasteiger partial charge in [0, 0.05) is 23.5 Å². The number of nitrogens with zero attached hydrogens (tertiary/aromatic N) is 2. The lowest BCUT2D eigenvalue weighted by Gasteiger charge is -2.09. The Kier molecular flexibility index (Phi) is 3.04. The highest BCUT2D eigenvalue weighted by molar-refractivity contribution is 6.01. The molecule has 0 saturated heterocycles. The summed E-state index contributed by atoms with van der Waals surface area (Å²) in [5, 5.41) is 16.0. The van der Waals surface area contributed by atoms with Crippen LogP contribution < -0.4 is 5.32 Å². The molecule has 2 heterocycles. The fourth-order valence-electron chi connectivity index (χ4n) is 1.89. The highest BCUT2D eigenvalue weighted by Gasteiger charge is 2.22. The summed E-state index contributed by atoms with van der Waals surface area (Å²) in [4.78, 5) is 20.3. The van der Waals surface area contributed by atoms with Crippen LogP contribution in [0.1, 0.15) is 27.7 Å². The molecule has 6 nitrogen and oxygen atoms in total. The van der Waals surface area contributed by atoms with Gasteiger partial charge in [-0.1, -0.05) is 23.4 Å². The number of carboxylic acids is 1. The largest absolute Gasteiger partial charge is 0.478 e. The number of carboxylic acid groups (broad SMARTS) is 1. The zero-order valence-corrected chi connectivity index (χ0v) is 10.4. The molecule has 1 aromatic heterocycles. The molecule has 20 heavy (non-hydrogen) atoms. The molecule has 1 aliphatic rings. The summed E-state index contributed by atoms with van der Waals surface area (Å²) in [5.41, 5.74) is 1.72. The van der Waals surface area contributed by atoms with Crippen molar-refractivity contribution in [3.63, 3.8) is 0 Å². The van der Waals surface area contributed by atoms with Crippen molar-refractivity contribution < 1.29 is 14.7 Å². The first kappa shape index (κ1) is 12.2. The number of carbonyl (C=O) groups is 1. The van der Waals surface area contributed by atoms with Crippen LogP contribution in [0.5, 0.6) is 0 Å². The average molecular weight is 269 g/mol. The second-order valence-corrected chi connectivity index (χ2v) is 4.24. The molecule has 1 aliphatic heterocycles. The molecule has 1 aromatic carbocycles. The highest BCUT2D eigenvalue weighted by atomic mass is 16.7. The maximum absolute atomic E-state index is 11.0. The van der Waals surface area contributed by atoms with E-state index in [9.17, 15) is 4.79 Å². The van der Waals surface area contributed by atoms with Crippen LogP contribution in [-0.2, 0) is 4.84 Å². The number of amidine groups is 1. The first-order valence-electron chi connectivity index (χ1n) is 5.98. The maximum atomic E-state index is 11.0. The Balaban J connectivity index is 1.80. The molecule has 1 atom stereocenters. The minimum atomic E-state index is -0.977. The molecular weight excluding hydrogens is 258 g/mol. The number of pyridine rings is 1. The average Bonchev–Trinajstić information content (AvgIpc) is 2.98. The number of rotatable bonds is 3. The van der Waals surface area contributed by atoms with Crippen LogP contribution in [0.3, 0.4) is 0 Å². The molecule has 100 valence electrons. The van der Waals surface area contributed by atoms with Gasteiger partial charge in [0.25, 0.3) is 0 Å². The van der Waals surface area contributed by atoms with Crippen molar-refractivity contribution in [3.8, 4) is 0 Å². The minimum Gasteiger partial charge on any atom is -0.478 e. The molecule has 0 aliphatic carbocycles. The number of nitrogens with one attached hydrogen (secondary N) is 1. The van der Waals surface area contributed by atoms with Gasteiger partial charge >= 0.3 is 5.97 Å². The summed E-state index contributed by atoms with van der Waals surface area (Å²) in [7, 11) is 0. The monoisotopic (exact) mass is 269 g/mol. The number of aromatic carboxylic acids is 1. The van der Waals surface area contributed by atoms with Crippen LogP contribution in [-0.4, -0.2) is 21.9 Å². The summed E-state index contributed by atoms with van der Waals surface area (Å²) < 4.78 is 0. The normalized spacial score (nSPS) is 17.0. The third-order valence-corrected chi connectivity index (χ3v) is 2.89. The molecule has 2 aromatic rings. The van der Waals surface area contributed by atoms with E-state index in [0.29, 0.717) is 11.4 Å². The van der Waals surface area contributed by atoms with E-state index >= 15 is 0 Å². The van der Waals surface area contributed by atoms with E-state index < -0.39 is 12.2 Å². The summed E-state index contributed by atoms with van der Waals surface area (Å²) in [6.07, 6.45) is 2.95. The SMILES string of the molecule is O=C(O)c1cccc(C2=NOC(c3cccnc3)N2)c1. The molecule has 0 spiro atoms. The van der Waals surface area contributed by atoms with Crippen LogP contribution in [0.2, 0.25) is 0 Å². The van der Waals surface area contributed by atoms with Crippen LogP contribution in [0.25, 0.3) is 0 Å². The Hall–Kier alpha value is -2.89. The third-order valence-electron chi connectivity index (χ3n) is 2.89. The van der Waals surface area contributed by atoms with Crippen molar-refractivity contribution in [1.82, 2.24) is 10.3 Å². The standard InChI is InChI=1S/C14H11N3O3/c18-14(19)10-4-1-3-9(7-10)12-16-13(20-17-12)11-5-2-6-15-8-11/h1-8,13H,(H,16,17)(H,18,19). The lowest BCUT2D eigenvalue weighted by Crippen LogP contribution is -2.23. The van der Waals surface area contributed by atoms with Crippen molar-refractivity contribution in [2.75, 3.05) is 0 Å². The quantitative estimate of drug-likeness (QED) is 0.887. The first-order chi connectivity index (χ1) is 9.74. The third kappa shape index (κ3) is 2.31. The van der Waals surface area contributed by atoms with E-state index in [-0.39, 0.29) is 5.56 Å². The van der Waals surface area contributed by atoms with Gasteiger partial charge in [-0.05, 0) is 18.2 Å². The second-order valence-electron chi connectivity index (χ2n) is 4.24. The van der Waals surface area contributed by atoms with Gasteiger partial charge in [-0.25, -0.2) is 4.79 Å². The van der Waals surface area contributed by atoms with Gasteiger partial charge in [0.15, 0.2) is 5.84 Å². The second kappa shape index (κ2) is 5.00. The smallest absolute Gasteiger partial charge is 0.335 e. The fraction of sp³-hybridized carbons (Fsp3) is 0.0714. The fourth-order valence-corrected chi connectivity index (χ4v) is 1.89. The van der Waals surface area contributed by atoms with Crippen LogP contribution >= 0.6 is 0 Å². The van der Waals surface area contributed by atoms with E-state index in [1.54, 1.807) is 30.6 Å². The molecule has 2 N–H and O–H groups in total. The van der Waals surface area contributed by atoms with Crippen molar-refractivity contribution in [1.29, 1.82) is 0 Å². The molecule has 6 heteroatoms. The van der Waals surface area contributed by atoms with Gasteiger partial charge in [-0.3, -0.25) is 4.98 Å². The molecule has 0 saturated carbocycles. The van der Waals surface area contributed by atoms with Gasteiger partial charge in [0.05, 0.1) is 5.56 Å². The number of oxime groups is 1. The number of hydrogen-bond donors (Lipinski definition) is 2. The highest BCUT2D eigenvalue weighted by Crippen LogP contribution is 2.20. The lowest BCUT2D eigenvalue weighted by atomic mass is 10.1. The van der Waals surface area contributed by atoms with Crippen molar-refractivity contribution in [3.05, 3.63) is 65.5 Å². The van der Waals surface area contributed by atoms with Crippen molar-refractivity contribution >= 4 is 11.8 Å². The molecule has 0 bridgehead atoms. The summed E-state index contributed by atoms with van der Waals surface area (Å²) in [5.74, 6) is -0.475. The van der Waals surface area contributed by atoms with E-state index in [4.69, 9.17) is 9.94 Å². The van der Waals surface area contributed by atoms with Gasteiger partial charge < -0.3 is 15.3 Å². The van der Waals surface area contributed by atoms with Gasteiger partial charge in [0.2, 0.25) is 6.23 Å². The van der Waals surface area contributed by atoms with Gasteiger partial charge in [-0.2, -0.15) is 0 Å². The summed E-state index contributed by atoms with van der Waals surface area (Å²) in [6, 6.07) is 10.2. The Morgan fingerprint density at radius 3 is 2.95 bits per heavy atom. The Bertz CT molecular complexity index is 670. The molecule has 0 amide bonds. The summed E-state index contributed by atoms with van der Waals surface area (Å²) >= 11 is 0. The van der Waals surface area contributed by atoms with E-state index in [1.807, 2.05) is 12.1 Å². The zero-order valence-electron chi connectivity index (χ0n) is 10.4. The number of aromatic nitrogens is 1. The van der Waals surface area contributed by atoms with E-state index in [1.165, 1.54) is 6.07 Å². The predicted molar refractivity (Wildman–Crippen MR) is 71.1 cm³/mol. The molecular formula is C14H11N3O3. The number of benzene rings is 1. The lowest BCUT2D eigenvalue weighted by molar-refractivity contribution is 0.0696. The molecule has 3 rings (SSSR count). The van der Waals surface area contributed by atoms with Gasteiger partial charge in [-0.15, -0.1) is 0 Å². The summed E-state index contributed by atoms with van der Waals surface area (Å²) in [6.45, 7) is 0. The van der Waals surface area contributed by atoms with Crippen LogP contribution in [0, 0.1) is 0 Å². The Labute approximate surface area is 114 Å². The van der Waals surface area contributed by atoms with Crippen molar-refractivity contribution in [2.45, 2.75) is 6.23 Å². The molecule has 1 unspecified atom stereocenters. The van der Waals surface area contributed by atoms with Crippen LogP contribution in [0.15, 0.2) is 53.9 Å². The minimum absolute atomic E-state index is 0.205. The topological polar surface area (TPSA) is 83.8 Å². The van der Waals surface area contributed by atoms with Crippen molar-refractivity contribution in [2.24, 2.45) is 5.16 Å². The Morgan fingerprint density at radius 2 is 2.20 bits per heavy atom. The molecule has 0 fully saturated rings. The van der Waals surface area contributed by atoms with Gasteiger partial charge in [0.1, 0.15) is 0 Å². The predicted octanol–water partition coefficient (Wildman–Crippen LogP) is 1.76. The Morgan fingerprint density at radius 1 is 1.30 bits per heavy atom. The molecule has 0 radical (unpaired) electrons.